The van der Waals surface area contributed by atoms with Crippen molar-refractivity contribution in [3.8, 4) is 11.1 Å². The molecule has 0 saturated carbocycles. The molecule has 3 aromatic rings. The van der Waals surface area contributed by atoms with Crippen molar-refractivity contribution >= 4 is 11.8 Å². The van der Waals surface area contributed by atoms with Crippen molar-refractivity contribution in [2.75, 3.05) is 6.61 Å². The van der Waals surface area contributed by atoms with Crippen LogP contribution >= 0.6 is 0 Å². The maximum atomic E-state index is 12.4. The molecule has 0 aliphatic heterocycles. The molecule has 0 saturated heterocycles. The number of pyridine rings is 1. The molecule has 128 valence electrons. The summed E-state index contributed by atoms with van der Waals surface area (Å²) in [5.41, 5.74) is 5.38. The van der Waals surface area contributed by atoms with Gasteiger partial charge in [-0.25, -0.2) is 4.79 Å². The molecule has 1 aromatic heterocycles. The summed E-state index contributed by atoms with van der Waals surface area (Å²) >= 11 is 0. The zero-order valence-corrected chi connectivity index (χ0v) is 13.8. The van der Waals surface area contributed by atoms with Crippen LogP contribution in [0.4, 0.5) is 0 Å². The van der Waals surface area contributed by atoms with Crippen molar-refractivity contribution in [1.29, 1.82) is 0 Å². The first kappa shape index (κ1) is 16.0. The van der Waals surface area contributed by atoms with E-state index >= 15 is 0 Å². The number of ketones is 1. The topological polar surface area (TPSA) is 70.3 Å². The van der Waals surface area contributed by atoms with E-state index in [1.807, 2.05) is 30.3 Å². The van der Waals surface area contributed by atoms with E-state index in [2.05, 4.69) is 6.07 Å². The zero-order valence-electron chi connectivity index (χ0n) is 13.8. The Bertz CT molecular complexity index is 1010. The van der Waals surface area contributed by atoms with Gasteiger partial charge >= 0.3 is 5.97 Å². The lowest BCUT2D eigenvalue weighted by molar-refractivity contribution is -0.605. The third-order valence-electron chi connectivity index (χ3n) is 4.49. The van der Waals surface area contributed by atoms with Gasteiger partial charge in [-0.3, -0.25) is 4.79 Å². The number of hydrogen-bond acceptors (Lipinski definition) is 4. The number of carbonyl (C=O) groups is 2. The van der Waals surface area contributed by atoms with Gasteiger partial charge in [-0.2, -0.15) is 4.73 Å². The van der Waals surface area contributed by atoms with E-state index in [0.717, 1.165) is 17.5 Å². The third-order valence-corrected chi connectivity index (χ3v) is 4.49. The van der Waals surface area contributed by atoms with E-state index in [-0.39, 0.29) is 18.0 Å². The molecule has 2 aromatic carbocycles. The summed E-state index contributed by atoms with van der Waals surface area (Å²) in [5.74, 6) is -0.897. The molecule has 0 N–H and O–H groups in total. The second kappa shape index (κ2) is 6.44. The predicted molar refractivity (Wildman–Crippen MR) is 94.7 cm³/mol. The minimum atomic E-state index is -0.634. The Morgan fingerprint density at radius 1 is 0.923 bits per heavy atom. The fraction of sp³-hybridized carbons (Fsp3) is 0.0952. The lowest BCUT2D eigenvalue weighted by Gasteiger charge is -2.07. The number of carbonyl (C=O) groups excluding carboxylic acids is 2. The van der Waals surface area contributed by atoms with Gasteiger partial charge in [0.05, 0.1) is 5.56 Å². The normalized spacial score (nSPS) is 11.5. The Hall–Kier alpha value is -3.47. The lowest BCUT2D eigenvalue weighted by atomic mass is 10.0. The first-order valence-electron chi connectivity index (χ1n) is 8.22. The minimum Gasteiger partial charge on any atom is -0.619 e. The van der Waals surface area contributed by atoms with Crippen molar-refractivity contribution in [2.24, 2.45) is 0 Å². The van der Waals surface area contributed by atoms with Crippen LogP contribution in [0.1, 0.15) is 31.8 Å². The van der Waals surface area contributed by atoms with Crippen LogP contribution in [0.2, 0.25) is 0 Å². The average Bonchev–Trinajstić information content (AvgIpc) is 3.04. The predicted octanol–water partition coefficient (Wildman–Crippen LogP) is 2.93. The summed E-state index contributed by atoms with van der Waals surface area (Å²) in [5, 5.41) is 11.0. The van der Waals surface area contributed by atoms with Crippen LogP contribution in [0.15, 0.2) is 67.0 Å². The molecule has 0 fully saturated rings. The van der Waals surface area contributed by atoms with Gasteiger partial charge < -0.3 is 9.94 Å². The Balaban J connectivity index is 1.48. The zero-order chi connectivity index (χ0) is 18.1. The fourth-order valence-electron chi connectivity index (χ4n) is 3.14. The summed E-state index contributed by atoms with van der Waals surface area (Å²) in [6.07, 6.45) is 3.27. The van der Waals surface area contributed by atoms with Crippen LogP contribution in [-0.4, -0.2) is 18.4 Å². The summed E-state index contributed by atoms with van der Waals surface area (Å²) in [7, 11) is 0. The summed E-state index contributed by atoms with van der Waals surface area (Å²) in [4.78, 5) is 24.4. The van der Waals surface area contributed by atoms with Gasteiger partial charge in [-0.1, -0.05) is 36.4 Å². The van der Waals surface area contributed by atoms with Crippen LogP contribution < -0.4 is 4.73 Å². The Labute approximate surface area is 150 Å². The van der Waals surface area contributed by atoms with Crippen LogP contribution in [0.3, 0.4) is 0 Å². The number of nitrogens with zero attached hydrogens (tertiary/aromatic N) is 1. The summed E-state index contributed by atoms with van der Waals surface area (Å²) < 4.78 is 5.65. The SMILES string of the molecule is O=C(COC(=O)c1cc[n+]([O-])cc1)c1ccc2c(c1)-c1ccccc1C2. The number of Topliss-reactive ketones (excluding diaryl/α,β-unsaturated/α-hetero) is 1. The Morgan fingerprint density at radius 3 is 2.46 bits per heavy atom. The van der Waals surface area contributed by atoms with Crippen LogP contribution in [0.25, 0.3) is 11.1 Å². The van der Waals surface area contributed by atoms with E-state index in [1.165, 1.54) is 35.7 Å². The van der Waals surface area contributed by atoms with Crippen molar-refractivity contribution in [1.82, 2.24) is 0 Å². The molecule has 0 unspecified atom stereocenters. The average molecular weight is 345 g/mol. The molecular weight excluding hydrogens is 330 g/mol. The number of fused-ring (bicyclic) bond motifs is 3. The molecule has 5 heteroatoms. The van der Waals surface area contributed by atoms with Gasteiger partial charge in [0.1, 0.15) is 0 Å². The van der Waals surface area contributed by atoms with Gasteiger partial charge in [-0.05, 0) is 34.7 Å². The highest BCUT2D eigenvalue weighted by atomic mass is 16.5. The van der Waals surface area contributed by atoms with Gasteiger partial charge in [0.25, 0.3) is 0 Å². The van der Waals surface area contributed by atoms with E-state index in [0.29, 0.717) is 10.3 Å². The van der Waals surface area contributed by atoms with Crippen LogP contribution in [0.5, 0.6) is 0 Å². The molecule has 0 amide bonds. The smallest absolute Gasteiger partial charge is 0.339 e. The molecule has 5 nitrogen and oxygen atoms in total. The molecule has 1 heterocycles. The standard InChI is InChI=1S/C21H15NO4/c23-20(13-26-21(24)14-7-9-22(25)10-8-14)17-6-5-16-11-15-3-1-2-4-18(15)19(16)12-17/h1-10,12H,11,13H2. The molecule has 4 rings (SSSR count). The Kier molecular flexibility index (Phi) is 3.97. The number of hydrogen-bond donors (Lipinski definition) is 0. The molecule has 0 atom stereocenters. The second-order valence-electron chi connectivity index (χ2n) is 6.15. The maximum Gasteiger partial charge on any atom is 0.339 e. The fourth-order valence-corrected chi connectivity index (χ4v) is 3.14. The van der Waals surface area contributed by atoms with E-state index in [9.17, 15) is 14.8 Å². The number of ether oxygens (including phenoxy) is 1. The molecule has 0 radical (unpaired) electrons. The first-order chi connectivity index (χ1) is 12.6. The van der Waals surface area contributed by atoms with Crippen molar-refractivity contribution in [3.63, 3.8) is 0 Å². The highest BCUT2D eigenvalue weighted by Crippen LogP contribution is 2.36. The molecule has 0 bridgehead atoms. The molecule has 1 aliphatic carbocycles. The monoisotopic (exact) mass is 345 g/mol. The van der Waals surface area contributed by atoms with E-state index < -0.39 is 5.97 Å². The number of rotatable bonds is 4. The van der Waals surface area contributed by atoms with E-state index in [4.69, 9.17) is 4.74 Å². The third kappa shape index (κ3) is 2.95. The maximum absolute atomic E-state index is 12.4. The highest BCUT2D eigenvalue weighted by molar-refractivity contribution is 6.00. The molecular formula is C21H15NO4. The van der Waals surface area contributed by atoms with Crippen LogP contribution in [0, 0.1) is 5.21 Å². The summed E-state index contributed by atoms with van der Waals surface area (Å²) in [6.45, 7) is -0.342. The van der Waals surface area contributed by atoms with Crippen molar-refractivity contribution in [2.45, 2.75) is 6.42 Å². The van der Waals surface area contributed by atoms with Crippen molar-refractivity contribution in [3.05, 3.63) is 94.5 Å². The quantitative estimate of drug-likeness (QED) is 0.247. The summed E-state index contributed by atoms with van der Waals surface area (Å²) in [6, 6.07) is 16.4. The largest absolute Gasteiger partial charge is 0.619 e. The number of benzene rings is 2. The van der Waals surface area contributed by atoms with Gasteiger partial charge in [0.2, 0.25) is 0 Å². The molecule has 0 spiro atoms. The molecule has 1 aliphatic rings. The van der Waals surface area contributed by atoms with Crippen molar-refractivity contribution < 1.29 is 19.1 Å². The Morgan fingerprint density at radius 2 is 1.65 bits per heavy atom. The lowest BCUT2D eigenvalue weighted by Crippen LogP contribution is -2.24. The minimum absolute atomic E-state index is 0.229. The van der Waals surface area contributed by atoms with Gasteiger partial charge in [0, 0.05) is 17.7 Å². The number of esters is 1. The van der Waals surface area contributed by atoms with Gasteiger partial charge in [-0.15, -0.1) is 0 Å². The van der Waals surface area contributed by atoms with E-state index in [1.54, 1.807) is 6.07 Å². The van der Waals surface area contributed by atoms with Crippen LogP contribution in [-0.2, 0) is 11.2 Å². The highest BCUT2D eigenvalue weighted by Gasteiger charge is 2.20. The first-order valence-corrected chi connectivity index (χ1v) is 8.22. The second-order valence-corrected chi connectivity index (χ2v) is 6.15. The van der Waals surface area contributed by atoms with Gasteiger partial charge in [0.15, 0.2) is 24.8 Å². The number of aromatic nitrogens is 1. The molecule has 26 heavy (non-hydrogen) atoms.